The number of halogens is 3. The van der Waals surface area contributed by atoms with Crippen LogP contribution in [0, 0.1) is 11.6 Å². The van der Waals surface area contributed by atoms with Crippen LogP contribution < -0.4 is 9.62 Å². The lowest BCUT2D eigenvalue weighted by molar-refractivity contribution is 0.102. The monoisotopic (exact) mass is 437 g/mol. The molecule has 0 aliphatic carbocycles. The number of anilines is 3. The van der Waals surface area contributed by atoms with Crippen LogP contribution in [0.3, 0.4) is 0 Å². The van der Waals surface area contributed by atoms with Crippen molar-refractivity contribution in [1.29, 1.82) is 0 Å². The molecule has 0 saturated heterocycles. The largest absolute Gasteiger partial charge is 0.322 e. The number of benzene rings is 2. The molecule has 0 fully saturated rings. The quantitative estimate of drug-likeness (QED) is 0.643. The number of pyridine rings is 1. The Bertz CT molecular complexity index is 1170. The average Bonchev–Trinajstić information content (AvgIpc) is 2.66. The summed E-state index contributed by atoms with van der Waals surface area (Å²) in [6.45, 7) is 0. The fraction of sp³-hybridized carbons (Fsp3) is 0.0526. The molecular formula is C19H14ClF2N3O3S. The van der Waals surface area contributed by atoms with Gasteiger partial charge in [0, 0.05) is 17.4 Å². The van der Waals surface area contributed by atoms with E-state index in [2.05, 4.69) is 10.3 Å². The highest BCUT2D eigenvalue weighted by Gasteiger charge is 2.22. The lowest BCUT2D eigenvalue weighted by Gasteiger charge is -2.21. The van der Waals surface area contributed by atoms with E-state index in [9.17, 15) is 22.0 Å². The highest BCUT2D eigenvalue weighted by Crippen LogP contribution is 2.28. The van der Waals surface area contributed by atoms with Crippen molar-refractivity contribution in [2.75, 3.05) is 15.9 Å². The van der Waals surface area contributed by atoms with Gasteiger partial charge in [0.1, 0.15) is 17.5 Å². The number of rotatable bonds is 5. The Morgan fingerprint density at radius 1 is 1.07 bits per heavy atom. The van der Waals surface area contributed by atoms with Crippen LogP contribution in [-0.2, 0) is 10.0 Å². The highest BCUT2D eigenvalue weighted by atomic mass is 35.5. The minimum Gasteiger partial charge on any atom is -0.322 e. The molecule has 150 valence electrons. The molecule has 1 amide bonds. The summed E-state index contributed by atoms with van der Waals surface area (Å²) in [6.07, 6.45) is 2.23. The van der Waals surface area contributed by atoms with Gasteiger partial charge in [0.25, 0.3) is 5.91 Å². The average molecular weight is 438 g/mol. The number of amides is 1. The Kier molecular flexibility index (Phi) is 5.81. The third-order valence-corrected chi connectivity index (χ3v) is 5.14. The van der Waals surface area contributed by atoms with E-state index in [1.54, 1.807) is 0 Å². The van der Waals surface area contributed by atoms with Gasteiger partial charge in [-0.15, -0.1) is 0 Å². The summed E-state index contributed by atoms with van der Waals surface area (Å²) in [5.41, 5.74) is 0.522. The Balaban J connectivity index is 1.94. The molecule has 0 unspecified atom stereocenters. The first-order valence-electron chi connectivity index (χ1n) is 8.13. The second-order valence-corrected chi connectivity index (χ2v) is 8.23. The standard InChI is InChI=1S/C19H14ClF2N3O3S/c1-29(27,28)25(15-5-2-13(21)3-6-15)18-10-12(8-9-23-18)19(26)24-14-4-7-17(22)16(20)11-14/h2-11H,1H3,(H,24,26). The Morgan fingerprint density at radius 3 is 2.38 bits per heavy atom. The Morgan fingerprint density at radius 2 is 1.76 bits per heavy atom. The summed E-state index contributed by atoms with van der Waals surface area (Å²) < 4.78 is 52.0. The Hall–Kier alpha value is -3.04. The SMILES string of the molecule is CS(=O)(=O)N(c1ccc(F)cc1)c1cc(C(=O)Nc2ccc(F)c(Cl)c2)ccn1. The van der Waals surface area contributed by atoms with E-state index < -0.39 is 27.6 Å². The van der Waals surface area contributed by atoms with Gasteiger partial charge in [0.15, 0.2) is 0 Å². The van der Waals surface area contributed by atoms with Crippen molar-refractivity contribution in [1.82, 2.24) is 4.98 Å². The zero-order chi connectivity index (χ0) is 21.2. The number of aromatic nitrogens is 1. The lowest BCUT2D eigenvalue weighted by Crippen LogP contribution is -2.26. The summed E-state index contributed by atoms with van der Waals surface area (Å²) in [6, 6.07) is 11.1. The molecule has 2 aromatic carbocycles. The molecule has 1 aromatic heterocycles. The topological polar surface area (TPSA) is 79.4 Å². The number of nitrogens with zero attached hydrogens (tertiary/aromatic N) is 2. The molecule has 0 radical (unpaired) electrons. The number of hydrogen-bond acceptors (Lipinski definition) is 4. The molecule has 0 saturated carbocycles. The van der Waals surface area contributed by atoms with Gasteiger partial charge in [-0.3, -0.25) is 4.79 Å². The van der Waals surface area contributed by atoms with E-state index in [1.165, 1.54) is 42.6 Å². The van der Waals surface area contributed by atoms with Crippen LogP contribution in [0.1, 0.15) is 10.4 Å². The molecule has 10 heteroatoms. The van der Waals surface area contributed by atoms with Gasteiger partial charge >= 0.3 is 0 Å². The zero-order valence-corrected chi connectivity index (χ0v) is 16.5. The minimum absolute atomic E-state index is 0.0519. The number of carbonyl (C=O) groups excluding carboxylic acids is 1. The molecule has 1 N–H and O–H groups in total. The molecular weight excluding hydrogens is 424 g/mol. The van der Waals surface area contributed by atoms with Gasteiger partial charge in [-0.05, 0) is 54.6 Å². The molecule has 0 atom stereocenters. The third kappa shape index (κ3) is 4.87. The van der Waals surface area contributed by atoms with Crippen LogP contribution in [-0.4, -0.2) is 25.6 Å². The normalized spacial score (nSPS) is 11.2. The van der Waals surface area contributed by atoms with Crippen LogP contribution in [0.4, 0.5) is 26.0 Å². The van der Waals surface area contributed by atoms with E-state index in [-0.39, 0.29) is 27.8 Å². The predicted molar refractivity (Wildman–Crippen MR) is 107 cm³/mol. The van der Waals surface area contributed by atoms with Gasteiger partial charge in [-0.25, -0.2) is 26.5 Å². The highest BCUT2D eigenvalue weighted by molar-refractivity contribution is 7.92. The van der Waals surface area contributed by atoms with E-state index in [4.69, 9.17) is 11.6 Å². The second kappa shape index (κ2) is 8.14. The molecule has 29 heavy (non-hydrogen) atoms. The molecule has 6 nitrogen and oxygen atoms in total. The number of sulfonamides is 1. The van der Waals surface area contributed by atoms with E-state index in [1.807, 2.05) is 0 Å². The molecule has 0 spiro atoms. The second-order valence-electron chi connectivity index (χ2n) is 5.99. The molecule has 1 heterocycles. The molecule has 0 aliphatic rings. The smallest absolute Gasteiger partial charge is 0.255 e. The predicted octanol–water partition coefficient (Wildman–Crippen LogP) is 4.36. The van der Waals surface area contributed by atoms with Crippen molar-refractivity contribution in [3.63, 3.8) is 0 Å². The third-order valence-electron chi connectivity index (χ3n) is 3.79. The summed E-state index contributed by atoms with van der Waals surface area (Å²) in [5, 5.41) is 2.39. The van der Waals surface area contributed by atoms with Crippen LogP contribution in [0.25, 0.3) is 0 Å². The van der Waals surface area contributed by atoms with Gasteiger partial charge in [0.05, 0.1) is 17.0 Å². The molecule has 3 rings (SSSR count). The summed E-state index contributed by atoms with van der Waals surface area (Å²) in [5.74, 6) is -1.78. The van der Waals surface area contributed by atoms with E-state index >= 15 is 0 Å². The number of hydrogen-bond donors (Lipinski definition) is 1. The van der Waals surface area contributed by atoms with Gasteiger partial charge in [-0.2, -0.15) is 0 Å². The first-order valence-corrected chi connectivity index (χ1v) is 10.4. The lowest BCUT2D eigenvalue weighted by atomic mass is 10.2. The van der Waals surface area contributed by atoms with Crippen molar-refractivity contribution in [2.45, 2.75) is 0 Å². The van der Waals surface area contributed by atoms with Crippen LogP contribution >= 0.6 is 11.6 Å². The van der Waals surface area contributed by atoms with E-state index in [0.29, 0.717) is 0 Å². The molecule has 0 bridgehead atoms. The van der Waals surface area contributed by atoms with E-state index in [0.717, 1.165) is 28.8 Å². The van der Waals surface area contributed by atoms with Gasteiger partial charge in [-0.1, -0.05) is 11.6 Å². The van der Waals surface area contributed by atoms with Gasteiger partial charge in [0.2, 0.25) is 10.0 Å². The van der Waals surface area contributed by atoms with Crippen molar-refractivity contribution in [3.8, 4) is 0 Å². The Labute approximate surface area is 170 Å². The zero-order valence-electron chi connectivity index (χ0n) is 14.9. The fourth-order valence-electron chi connectivity index (χ4n) is 2.52. The first-order chi connectivity index (χ1) is 13.6. The van der Waals surface area contributed by atoms with Crippen LogP contribution in [0.15, 0.2) is 60.8 Å². The van der Waals surface area contributed by atoms with Crippen molar-refractivity contribution < 1.29 is 22.0 Å². The summed E-state index contributed by atoms with van der Waals surface area (Å²) in [7, 11) is -3.84. The summed E-state index contributed by atoms with van der Waals surface area (Å²) >= 11 is 5.70. The molecule has 0 aliphatic heterocycles. The van der Waals surface area contributed by atoms with Crippen LogP contribution in [0.5, 0.6) is 0 Å². The number of carbonyl (C=O) groups is 1. The van der Waals surface area contributed by atoms with Gasteiger partial charge < -0.3 is 5.32 Å². The van der Waals surface area contributed by atoms with Crippen molar-refractivity contribution in [3.05, 3.63) is 83.0 Å². The molecule has 3 aromatic rings. The fourth-order valence-corrected chi connectivity index (χ4v) is 3.64. The number of nitrogens with one attached hydrogen (secondary N) is 1. The maximum Gasteiger partial charge on any atom is 0.255 e. The first kappa shape index (κ1) is 20.7. The van der Waals surface area contributed by atoms with Crippen molar-refractivity contribution >= 4 is 44.7 Å². The van der Waals surface area contributed by atoms with Crippen molar-refractivity contribution in [2.24, 2.45) is 0 Å². The van der Waals surface area contributed by atoms with Crippen LogP contribution in [0.2, 0.25) is 5.02 Å². The maximum atomic E-state index is 13.3. The summed E-state index contributed by atoms with van der Waals surface area (Å²) in [4.78, 5) is 16.5. The maximum absolute atomic E-state index is 13.3. The minimum atomic E-state index is -3.84.